The fraction of sp³-hybridized carbons (Fsp3) is 0.524. The highest BCUT2D eigenvalue weighted by Crippen LogP contribution is 2.29. The largest absolute Gasteiger partial charge is 0.352 e. The van der Waals surface area contributed by atoms with Gasteiger partial charge in [0.05, 0.1) is 18.0 Å². The van der Waals surface area contributed by atoms with Crippen LogP contribution in [-0.2, 0) is 9.59 Å². The highest BCUT2D eigenvalue weighted by Gasteiger charge is 2.24. The van der Waals surface area contributed by atoms with Gasteiger partial charge in [-0.15, -0.1) is 10.2 Å². The van der Waals surface area contributed by atoms with Gasteiger partial charge in [0, 0.05) is 30.7 Å². The molecular weight excluding hydrogens is 436 g/mol. The van der Waals surface area contributed by atoms with Gasteiger partial charge in [-0.2, -0.15) is 0 Å². The molecule has 1 aromatic carbocycles. The van der Waals surface area contributed by atoms with Crippen LogP contribution < -0.4 is 10.2 Å². The van der Waals surface area contributed by atoms with E-state index in [-0.39, 0.29) is 30.2 Å². The van der Waals surface area contributed by atoms with Crippen molar-refractivity contribution >= 4 is 41.1 Å². The van der Waals surface area contributed by atoms with Gasteiger partial charge in [-0.1, -0.05) is 29.4 Å². The number of nitrogens with one attached hydrogen (secondary N) is 1. The van der Waals surface area contributed by atoms with Crippen LogP contribution in [0.25, 0.3) is 5.69 Å². The number of carbonyl (C=O) groups excluding carboxylic acids is 2. The molecule has 1 aliphatic rings. The van der Waals surface area contributed by atoms with Crippen molar-refractivity contribution in [3.8, 4) is 5.69 Å². The van der Waals surface area contributed by atoms with E-state index < -0.39 is 0 Å². The van der Waals surface area contributed by atoms with Crippen LogP contribution in [0, 0.1) is 0 Å². The number of likely N-dealkylation sites (N-methyl/N-ethyl adjacent to an activating group) is 1. The molecule has 2 heterocycles. The van der Waals surface area contributed by atoms with E-state index in [1.807, 2.05) is 49.6 Å². The maximum Gasteiger partial charge on any atom is 0.239 e. The Morgan fingerprint density at radius 1 is 1.26 bits per heavy atom. The first kappa shape index (κ1) is 23.4. The van der Waals surface area contributed by atoms with Gasteiger partial charge in [-0.05, 0) is 51.8 Å². The van der Waals surface area contributed by atoms with Crippen LogP contribution in [0.15, 0.2) is 29.4 Å². The summed E-state index contributed by atoms with van der Waals surface area (Å²) in [6.07, 6.45) is 2.24. The number of benzene rings is 1. The molecule has 0 spiro atoms. The molecule has 0 saturated carbocycles. The molecule has 3 rings (SSSR count). The predicted octanol–water partition coefficient (Wildman–Crippen LogP) is 2.99. The van der Waals surface area contributed by atoms with E-state index >= 15 is 0 Å². The van der Waals surface area contributed by atoms with Crippen molar-refractivity contribution in [2.45, 2.75) is 44.8 Å². The fourth-order valence-electron chi connectivity index (χ4n) is 3.45. The van der Waals surface area contributed by atoms with Crippen LogP contribution in [0.1, 0.15) is 33.6 Å². The first-order chi connectivity index (χ1) is 14.9. The number of hydrogen-bond acceptors (Lipinski definition) is 6. The molecule has 2 amide bonds. The first-order valence-electron chi connectivity index (χ1n) is 10.5. The van der Waals surface area contributed by atoms with Gasteiger partial charge in [-0.25, -0.2) is 0 Å². The second-order valence-electron chi connectivity index (χ2n) is 7.71. The minimum atomic E-state index is -0.159. The Labute approximate surface area is 192 Å². The summed E-state index contributed by atoms with van der Waals surface area (Å²) in [5.74, 6) is 0.656. The highest BCUT2D eigenvalue weighted by molar-refractivity contribution is 7.99. The van der Waals surface area contributed by atoms with E-state index in [0.717, 1.165) is 37.6 Å². The van der Waals surface area contributed by atoms with Crippen LogP contribution in [0.5, 0.6) is 0 Å². The highest BCUT2D eigenvalue weighted by atomic mass is 35.5. The molecule has 0 unspecified atom stereocenters. The average molecular weight is 465 g/mol. The zero-order valence-corrected chi connectivity index (χ0v) is 19.7. The molecule has 1 saturated heterocycles. The number of anilines is 1. The lowest BCUT2D eigenvalue weighted by Gasteiger charge is -2.21. The van der Waals surface area contributed by atoms with Crippen molar-refractivity contribution in [2.75, 3.05) is 36.8 Å². The number of hydrogen-bond donors (Lipinski definition) is 1. The van der Waals surface area contributed by atoms with Gasteiger partial charge < -0.3 is 15.1 Å². The molecule has 2 aromatic rings. The molecule has 0 radical (unpaired) electrons. The van der Waals surface area contributed by atoms with Gasteiger partial charge in [0.25, 0.3) is 0 Å². The van der Waals surface area contributed by atoms with Gasteiger partial charge in [-0.3, -0.25) is 14.2 Å². The Morgan fingerprint density at radius 3 is 2.65 bits per heavy atom. The molecule has 8 nitrogen and oxygen atoms in total. The van der Waals surface area contributed by atoms with Gasteiger partial charge in [0.2, 0.25) is 17.8 Å². The monoisotopic (exact) mass is 464 g/mol. The summed E-state index contributed by atoms with van der Waals surface area (Å²) < 4.78 is 1.96. The van der Waals surface area contributed by atoms with E-state index in [9.17, 15) is 9.59 Å². The second-order valence-corrected chi connectivity index (χ2v) is 9.09. The molecule has 1 aromatic heterocycles. The van der Waals surface area contributed by atoms with E-state index in [1.54, 1.807) is 4.90 Å². The summed E-state index contributed by atoms with van der Waals surface area (Å²) >= 11 is 7.54. The maximum absolute atomic E-state index is 12.8. The Hall–Kier alpha value is -2.26. The molecule has 10 heteroatoms. The van der Waals surface area contributed by atoms with Crippen molar-refractivity contribution in [3.05, 3.63) is 29.3 Å². The summed E-state index contributed by atoms with van der Waals surface area (Å²) in [7, 11) is 0. The molecule has 1 fully saturated rings. The normalized spacial score (nSPS) is 13.6. The topological polar surface area (TPSA) is 83.4 Å². The Bertz CT molecular complexity index is 913. The van der Waals surface area contributed by atoms with Gasteiger partial charge in [0.1, 0.15) is 0 Å². The third-order valence-electron chi connectivity index (χ3n) is 4.91. The number of carbonyl (C=O) groups is 2. The Balaban J connectivity index is 1.76. The van der Waals surface area contributed by atoms with Crippen LogP contribution >= 0.6 is 23.4 Å². The van der Waals surface area contributed by atoms with Crippen LogP contribution in [-0.4, -0.2) is 69.5 Å². The summed E-state index contributed by atoms with van der Waals surface area (Å²) in [6.45, 7) is 8.02. The third-order valence-corrected chi connectivity index (χ3v) is 6.06. The lowest BCUT2D eigenvalue weighted by molar-refractivity contribution is -0.134. The molecule has 31 heavy (non-hydrogen) atoms. The smallest absolute Gasteiger partial charge is 0.239 e. The van der Waals surface area contributed by atoms with Crippen molar-refractivity contribution in [2.24, 2.45) is 0 Å². The van der Waals surface area contributed by atoms with E-state index in [4.69, 9.17) is 11.6 Å². The van der Waals surface area contributed by atoms with Crippen LogP contribution in [0.2, 0.25) is 5.02 Å². The Kier molecular flexibility index (Phi) is 8.20. The molecule has 0 bridgehead atoms. The first-order valence-corrected chi connectivity index (χ1v) is 11.9. The van der Waals surface area contributed by atoms with Crippen LogP contribution in [0.3, 0.4) is 0 Å². The number of nitrogens with zero attached hydrogens (tertiary/aromatic N) is 5. The van der Waals surface area contributed by atoms with Gasteiger partial charge in [0.15, 0.2) is 5.16 Å². The molecular formula is C21H29ClN6O2S. The molecule has 0 aliphatic carbocycles. The quantitative estimate of drug-likeness (QED) is 0.574. The van der Waals surface area contributed by atoms with E-state index in [1.165, 1.54) is 11.8 Å². The number of thioether (sulfide) groups is 1. The summed E-state index contributed by atoms with van der Waals surface area (Å²) in [5.41, 5.74) is 0.859. The zero-order chi connectivity index (χ0) is 22.4. The van der Waals surface area contributed by atoms with Gasteiger partial charge >= 0.3 is 0 Å². The maximum atomic E-state index is 12.8. The number of halogens is 1. The van der Waals surface area contributed by atoms with Crippen molar-refractivity contribution in [1.29, 1.82) is 0 Å². The van der Waals surface area contributed by atoms with Crippen molar-refractivity contribution < 1.29 is 9.59 Å². The average Bonchev–Trinajstić information content (AvgIpc) is 3.39. The summed E-state index contributed by atoms with van der Waals surface area (Å²) in [4.78, 5) is 28.6. The lowest BCUT2D eigenvalue weighted by Crippen LogP contribution is -2.43. The van der Waals surface area contributed by atoms with Crippen LogP contribution in [0.4, 0.5) is 5.95 Å². The zero-order valence-electron chi connectivity index (χ0n) is 18.2. The lowest BCUT2D eigenvalue weighted by atomic mass is 10.3. The minimum absolute atomic E-state index is 0.0379. The number of rotatable bonds is 9. The number of amides is 2. The molecule has 1 aliphatic heterocycles. The SMILES string of the molecule is CCN(CC(=O)NC(C)C)C(=O)CSc1nnc(N2CCCC2)n1-c1cccc(Cl)c1. The van der Waals surface area contributed by atoms with E-state index in [0.29, 0.717) is 16.7 Å². The molecule has 0 atom stereocenters. The summed E-state index contributed by atoms with van der Waals surface area (Å²) in [6, 6.07) is 7.57. The second kappa shape index (κ2) is 10.9. The fourth-order valence-corrected chi connectivity index (χ4v) is 4.49. The van der Waals surface area contributed by atoms with E-state index in [2.05, 4.69) is 20.4 Å². The number of aromatic nitrogens is 3. The minimum Gasteiger partial charge on any atom is -0.352 e. The standard InChI is InChI=1S/C21H29ClN6O2S/c1-4-26(13-18(29)23-15(2)3)19(30)14-31-21-25-24-20(27-10-5-6-11-27)28(21)17-9-7-8-16(22)12-17/h7-9,12,15H,4-6,10-11,13-14H2,1-3H3,(H,23,29). The predicted molar refractivity (Wildman–Crippen MR) is 124 cm³/mol. The van der Waals surface area contributed by atoms with Crippen molar-refractivity contribution in [1.82, 2.24) is 25.0 Å². The Morgan fingerprint density at radius 2 is 2.00 bits per heavy atom. The molecule has 1 N–H and O–H groups in total. The summed E-state index contributed by atoms with van der Waals surface area (Å²) in [5, 5.41) is 12.9. The third kappa shape index (κ3) is 6.13. The molecule has 168 valence electrons. The van der Waals surface area contributed by atoms with Crippen molar-refractivity contribution in [3.63, 3.8) is 0 Å².